The van der Waals surface area contributed by atoms with Gasteiger partial charge in [-0.2, -0.15) is 0 Å². The molecule has 0 radical (unpaired) electrons. The fourth-order valence-electron chi connectivity index (χ4n) is 2.44. The van der Waals surface area contributed by atoms with Gasteiger partial charge in [0.25, 0.3) is 0 Å². The van der Waals surface area contributed by atoms with E-state index in [0.29, 0.717) is 13.0 Å². The number of urea groups is 1. The summed E-state index contributed by atoms with van der Waals surface area (Å²) in [4.78, 5) is 24.4. The first-order valence-electron chi connectivity index (χ1n) is 6.81. The second-order valence-corrected chi connectivity index (χ2v) is 4.98. The predicted octanol–water partition coefficient (Wildman–Crippen LogP) is 0.874. The first-order valence-corrected chi connectivity index (χ1v) is 6.81. The number of benzene rings is 1. The standard InChI is InChI=1S/C14H17N3O3/c18-13-6-8-17(14(19)16-13)10-1-3-11(4-2-10)20-12-5-7-15-9-12/h1-4,12,15H,5-9H2,(H,16,18,19)/t12-/m1/s1. The van der Waals surface area contributed by atoms with Gasteiger partial charge in [0.15, 0.2) is 0 Å². The lowest BCUT2D eigenvalue weighted by Gasteiger charge is -2.26. The molecule has 106 valence electrons. The molecular formula is C14H17N3O3. The molecule has 1 aromatic carbocycles. The van der Waals surface area contributed by atoms with Gasteiger partial charge in [-0.05, 0) is 37.2 Å². The lowest BCUT2D eigenvalue weighted by atomic mass is 10.2. The highest BCUT2D eigenvalue weighted by Gasteiger charge is 2.24. The molecule has 2 fully saturated rings. The Morgan fingerprint density at radius 1 is 1.20 bits per heavy atom. The van der Waals surface area contributed by atoms with Gasteiger partial charge in [-0.15, -0.1) is 0 Å². The zero-order valence-corrected chi connectivity index (χ0v) is 11.1. The molecule has 2 saturated heterocycles. The molecule has 0 aliphatic carbocycles. The van der Waals surface area contributed by atoms with Crippen molar-refractivity contribution in [3.63, 3.8) is 0 Å². The normalized spacial score (nSPS) is 22.8. The van der Waals surface area contributed by atoms with Gasteiger partial charge in [-0.3, -0.25) is 15.0 Å². The molecule has 1 atom stereocenters. The van der Waals surface area contributed by atoms with Crippen LogP contribution in [0.4, 0.5) is 10.5 Å². The first kappa shape index (κ1) is 12.9. The molecule has 6 nitrogen and oxygen atoms in total. The van der Waals surface area contributed by atoms with Crippen molar-refractivity contribution >= 4 is 17.6 Å². The summed E-state index contributed by atoms with van der Waals surface area (Å²) in [6.45, 7) is 2.28. The van der Waals surface area contributed by atoms with Crippen molar-refractivity contribution in [3.8, 4) is 5.75 Å². The summed E-state index contributed by atoms with van der Waals surface area (Å²) in [7, 11) is 0. The Kier molecular flexibility index (Phi) is 3.56. The molecule has 6 heteroatoms. The van der Waals surface area contributed by atoms with Crippen molar-refractivity contribution in [3.05, 3.63) is 24.3 Å². The third kappa shape index (κ3) is 2.75. The summed E-state index contributed by atoms with van der Waals surface area (Å²) in [5, 5.41) is 5.56. The highest BCUT2D eigenvalue weighted by Crippen LogP contribution is 2.22. The summed E-state index contributed by atoms with van der Waals surface area (Å²) < 4.78 is 5.83. The summed E-state index contributed by atoms with van der Waals surface area (Å²) >= 11 is 0. The van der Waals surface area contributed by atoms with E-state index in [1.54, 1.807) is 4.90 Å². The number of hydrogen-bond acceptors (Lipinski definition) is 4. The second kappa shape index (κ2) is 5.50. The topological polar surface area (TPSA) is 70.7 Å². The van der Waals surface area contributed by atoms with E-state index in [1.807, 2.05) is 24.3 Å². The molecular weight excluding hydrogens is 258 g/mol. The molecule has 2 heterocycles. The first-order chi connectivity index (χ1) is 9.72. The average Bonchev–Trinajstić information content (AvgIpc) is 2.93. The van der Waals surface area contributed by atoms with Crippen molar-refractivity contribution < 1.29 is 14.3 Å². The summed E-state index contributed by atoms with van der Waals surface area (Å²) in [5.41, 5.74) is 0.770. The zero-order valence-electron chi connectivity index (χ0n) is 11.1. The highest BCUT2D eigenvalue weighted by atomic mass is 16.5. The minimum atomic E-state index is -0.366. The summed E-state index contributed by atoms with van der Waals surface area (Å²) in [6.07, 6.45) is 1.56. The van der Waals surface area contributed by atoms with Crippen LogP contribution in [0.3, 0.4) is 0 Å². The van der Waals surface area contributed by atoms with E-state index in [1.165, 1.54) is 0 Å². The van der Waals surface area contributed by atoms with Crippen molar-refractivity contribution in [2.75, 3.05) is 24.5 Å². The fourth-order valence-corrected chi connectivity index (χ4v) is 2.44. The smallest absolute Gasteiger partial charge is 0.328 e. The SMILES string of the molecule is O=C1CCN(c2ccc(O[C@@H]3CCNC3)cc2)C(=O)N1. The second-order valence-electron chi connectivity index (χ2n) is 4.98. The minimum Gasteiger partial charge on any atom is -0.489 e. The Bertz CT molecular complexity index is 509. The third-order valence-electron chi connectivity index (χ3n) is 3.52. The van der Waals surface area contributed by atoms with E-state index in [4.69, 9.17) is 4.74 Å². The number of amides is 3. The maximum atomic E-state index is 11.7. The lowest BCUT2D eigenvalue weighted by Crippen LogP contribution is -2.49. The zero-order chi connectivity index (χ0) is 13.9. The number of anilines is 1. The van der Waals surface area contributed by atoms with Crippen LogP contribution in [0.25, 0.3) is 0 Å². The van der Waals surface area contributed by atoms with Gasteiger partial charge in [0, 0.05) is 25.2 Å². The molecule has 2 aliphatic heterocycles. The van der Waals surface area contributed by atoms with E-state index in [-0.39, 0.29) is 18.0 Å². The van der Waals surface area contributed by atoms with Crippen molar-refractivity contribution in [2.45, 2.75) is 18.9 Å². The summed E-state index contributed by atoms with van der Waals surface area (Å²) in [6, 6.07) is 7.03. The Labute approximate surface area is 117 Å². The van der Waals surface area contributed by atoms with Crippen LogP contribution in [0.5, 0.6) is 5.75 Å². The van der Waals surface area contributed by atoms with Crippen LogP contribution in [-0.4, -0.2) is 37.7 Å². The maximum absolute atomic E-state index is 11.7. The van der Waals surface area contributed by atoms with Crippen molar-refractivity contribution in [2.24, 2.45) is 0 Å². The summed E-state index contributed by atoms with van der Waals surface area (Å²) in [5.74, 6) is 0.580. The Hall–Kier alpha value is -2.08. The molecule has 20 heavy (non-hydrogen) atoms. The molecule has 3 rings (SSSR count). The highest BCUT2D eigenvalue weighted by molar-refractivity contribution is 6.05. The molecule has 0 spiro atoms. The number of imide groups is 1. The van der Waals surface area contributed by atoms with Crippen molar-refractivity contribution in [1.29, 1.82) is 0 Å². The van der Waals surface area contributed by atoms with Gasteiger partial charge >= 0.3 is 6.03 Å². The van der Waals surface area contributed by atoms with Crippen LogP contribution in [0.1, 0.15) is 12.8 Å². The molecule has 0 bridgehead atoms. The van der Waals surface area contributed by atoms with E-state index < -0.39 is 0 Å². The van der Waals surface area contributed by atoms with Crippen LogP contribution in [0.2, 0.25) is 0 Å². The molecule has 0 saturated carbocycles. The number of nitrogens with one attached hydrogen (secondary N) is 2. The quantitative estimate of drug-likeness (QED) is 0.859. The van der Waals surface area contributed by atoms with E-state index >= 15 is 0 Å². The predicted molar refractivity (Wildman–Crippen MR) is 73.8 cm³/mol. The van der Waals surface area contributed by atoms with Crippen LogP contribution in [-0.2, 0) is 4.79 Å². The molecule has 0 unspecified atom stereocenters. The van der Waals surface area contributed by atoms with E-state index in [9.17, 15) is 9.59 Å². The molecule has 2 N–H and O–H groups in total. The number of rotatable bonds is 3. The number of hydrogen-bond donors (Lipinski definition) is 2. The number of carbonyl (C=O) groups excluding carboxylic acids is 2. The van der Waals surface area contributed by atoms with Gasteiger partial charge in [0.2, 0.25) is 5.91 Å². The Balaban J connectivity index is 1.66. The molecule has 3 amide bonds. The van der Waals surface area contributed by atoms with Crippen molar-refractivity contribution in [1.82, 2.24) is 10.6 Å². The Morgan fingerprint density at radius 3 is 2.65 bits per heavy atom. The van der Waals surface area contributed by atoms with Gasteiger partial charge in [-0.1, -0.05) is 0 Å². The van der Waals surface area contributed by atoms with E-state index in [2.05, 4.69) is 10.6 Å². The van der Waals surface area contributed by atoms with Crippen LogP contribution in [0, 0.1) is 0 Å². The largest absolute Gasteiger partial charge is 0.489 e. The number of nitrogens with zero attached hydrogens (tertiary/aromatic N) is 1. The minimum absolute atomic E-state index is 0.219. The lowest BCUT2D eigenvalue weighted by molar-refractivity contribution is -0.120. The monoisotopic (exact) mass is 275 g/mol. The molecule has 1 aromatic rings. The number of ether oxygens (including phenoxy) is 1. The van der Waals surface area contributed by atoms with Gasteiger partial charge < -0.3 is 10.1 Å². The fraction of sp³-hybridized carbons (Fsp3) is 0.429. The van der Waals surface area contributed by atoms with Crippen LogP contribution >= 0.6 is 0 Å². The van der Waals surface area contributed by atoms with Gasteiger partial charge in [0.05, 0.1) is 0 Å². The van der Waals surface area contributed by atoms with E-state index in [0.717, 1.165) is 30.9 Å². The third-order valence-corrected chi connectivity index (χ3v) is 3.52. The Morgan fingerprint density at radius 2 is 2.00 bits per heavy atom. The van der Waals surface area contributed by atoms with Crippen LogP contribution in [0.15, 0.2) is 24.3 Å². The van der Waals surface area contributed by atoms with Crippen LogP contribution < -0.4 is 20.3 Å². The van der Waals surface area contributed by atoms with Gasteiger partial charge in [-0.25, -0.2) is 4.79 Å². The molecule has 2 aliphatic rings. The average molecular weight is 275 g/mol. The maximum Gasteiger partial charge on any atom is 0.328 e. The van der Waals surface area contributed by atoms with Gasteiger partial charge in [0.1, 0.15) is 11.9 Å². The molecule has 0 aromatic heterocycles. The number of carbonyl (C=O) groups is 2.